The molecule has 2 heterocycles. The second-order valence-electron chi connectivity index (χ2n) is 5.08. The zero-order valence-electron chi connectivity index (χ0n) is 10.8. The maximum absolute atomic E-state index is 5.71. The van der Waals surface area contributed by atoms with Crippen molar-refractivity contribution in [1.82, 2.24) is 10.3 Å². The Balaban J connectivity index is 1.67. The lowest BCUT2D eigenvalue weighted by Crippen LogP contribution is -2.36. The van der Waals surface area contributed by atoms with Gasteiger partial charge in [0.2, 0.25) is 0 Å². The van der Waals surface area contributed by atoms with Crippen molar-refractivity contribution >= 4 is 10.9 Å². The second-order valence-corrected chi connectivity index (χ2v) is 5.08. The summed E-state index contributed by atoms with van der Waals surface area (Å²) in [5.41, 5.74) is 2.55. The molecule has 2 aromatic rings. The van der Waals surface area contributed by atoms with Crippen molar-refractivity contribution in [3.63, 3.8) is 0 Å². The summed E-state index contributed by atoms with van der Waals surface area (Å²) < 4.78 is 5.71. The van der Waals surface area contributed by atoms with Crippen molar-refractivity contribution < 1.29 is 4.74 Å². The molecule has 96 valence electrons. The number of hydrogen-bond acceptors (Lipinski definition) is 2. The van der Waals surface area contributed by atoms with E-state index in [1.807, 2.05) is 6.20 Å². The minimum Gasteiger partial charge on any atom is -0.377 e. The van der Waals surface area contributed by atoms with Gasteiger partial charge in [-0.2, -0.15) is 0 Å². The first-order valence-electron chi connectivity index (χ1n) is 6.74. The summed E-state index contributed by atoms with van der Waals surface area (Å²) in [6.45, 7) is 4.04. The Morgan fingerprint density at radius 3 is 3.22 bits per heavy atom. The molecule has 0 radical (unpaired) electrons. The Kier molecular flexibility index (Phi) is 3.35. The largest absolute Gasteiger partial charge is 0.377 e. The molecule has 0 aliphatic carbocycles. The van der Waals surface area contributed by atoms with Crippen LogP contribution >= 0.6 is 0 Å². The average Bonchev–Trinajstić information content (AvgIpc) is 3.05. The lowest BCUT2D eigenvalue weighted by atomic mass is 10.1. The van der Waals surface area contributed by atoms with Gasteiger partial charge in [-0.1, -0.05) is 12.1 Å². The van der Waals surface area contributed by atoms with Crippen molar-refractivity contribution in [3.05, 3.63) is 36.0 Å². The number of H-pyrrole nitrogens is 1. The van der Waals surface area contributed by atoms with E-state index in [1.54, 1.807) is 0 Å². The molecule has 18 heavy (non-hydrogen) atoms. The van der Waals surface area contributed by atoms with Gasteiger partial charge >= 0.3 is 0 Å². The Labute approximate surface area is 108 Å². The normalized spacial score (nSPS) is 21.5. The van der Waals surface area contributed by atoms with Gasteiger partial charge in [-0.15, -0.1) is 0 Å². The zero-order valence-corrected chi connectivity index (χ0v) is 10.8. The molecular formula is C15H20N2O. The molecule has 0 bridgehead atoms. The summed E-state index contributed by atoms with van der Waals surface area (Å²) in [6.07, 6.45) is 4.76. The zero-order chi connectivity index (χ0) is 12.4. The first-order valence-corrected chi connectivity index (χ1v) is 6.74. The van der Waals surface area contributed by atoms with E-state index in [0.717, 1.165) is 13.2 Å². The summed E-state index contributed by atoms with van der Waals surface area (Å²) in [6, 6.07) is 8.96. The van der Waals surface area contributed by atoms with Crippen molar-refractivity contribution in [3.8, 4) is 0 Å². The lowest BCUT2D eigenvalue weighted by molar-refractivity contribution is 0.0832. The fourth-order valence-corrected chi connectivity index (χ4v) is 2.70. The Hall–Kier alpha value is -1.32. The number of ether oxygens (including phenoxy) is 1. The molecule has 1 fully saturated rings. The highest BCUT2D eigenvalue weighted by atomic mass is 16.5. The van der Waals surface area contributed by atoms with Gasteiger partial charge in [0.25, 0.3) is 0 Å². The highest BCUT2D eigenvalue weighted by Gasteiger charge is 2.21. The van der Waals surface area contributed by atoms with E-state index in [-0.39, 0.29) is 0 Å². The predicted molar refractivity (Wildman–Crippen MR) is 73.6 cm³/mol. The average molecular weight is 244 g/mol. The Morgan fingerprint density at radius 2 is 2.39 bits per heavy atom. The van der Waals surface area contributed by atoms with E-state index in [4.69, 9.17) is 4.74 Å². The summed E-state index contributed by atoms with van der Waals surface area (Å²) in [5.74, 6) is 0. The molecule has 2 atom stereocenters. The molecule has 3 nitrogen and oxygen atoms in total. The quantitative estimate of drug-likeness (QED) is 0.867. The van der Waals surface area contributed by atoms with Crippen molar-refractivity contribution in [2.24, 2.45) is 0 Å². The van der Waals surface area contributed by atoms with Crippen LogP contribution in [0, 0.1) is 0 Å². The SMILES string of the molecule is CC(NCc1cccc2[nH]ccc12)C1CCCO1. The van der Waals surface area contributed by atoms with Crippen molar-refractivity contribution in [1.29, 1.82) is 0 Å². The van der Waals surface area contributed by atoms with E-state index in [2.05, 4.69) is 41.5 Å². The monoisotopic (exact) mass is 244 g/mol. The number of aromatic nitrogens is 1. The molecule has 1 aromatic carbocycles. The summed E-state index contributed by atoms with van der Waals surface area (Å²) in [4.78, 5) is 3.25. The standard InChI is InChI=1S/C15H20N2O/c1-11(15-6-3-9-18-15)17-10-12-4-2-5-14-13(12)7-8-16-14/h2,4-5,7-8,11,15-17H,3,6,9-10H2,1H3. The molecule has 1 saturated heterocycles. The van der Waals surface area contributed by atoms with Crippen LogP contribution in [0.1, 0.15) is 25.3 Å². The topological polar surface area (TPSA) is 37.0 Å². The molecule has 0 amide bonds. The molecule has 2 unspecified atom stereocenters. The third kappa shape index (κ3) is 2.28. The van der Waals surface area contributed by atoms with Gasteiger partial charge in [-0.05, 0) is 37.5 Å². The number of nitrogens with one attached hydrogen (secondary N) is 2. The van der Waals surface area contributed by atoms with E-state index in [0.29, 0.717) is 12.1 Å². The molecule has 3 rings (SSSR count). The first kappa shape index (κ1) is 11.8. The van der Waals surface area contributed by atoms with Gasteiger partial charge in [0.15, 0.2) is 0 Å². The molecule has 1 aliphatic rings. The molecule has 0 saturated carbocycles. The van der Waals surface area contributed by atoms with Crippen LogP contribution in [0.25, 0.3) is 10.9 Å². The third-order valence-electron chi connectivity index (χ3n) is 3.82. The molecule has 0 spiro atoms. The van der Waals surface area contributed by atoms with Gasteiger partial charge in [0, 0.05) is 36.3 Å². The van der Waals surface area contributed by atoms with Gasteiger partial charge in [-0.3, -0.25) is 0 Å². The van der Waals surface area contributed by atoms with Crippen LogP contribution in [0.3, 0.4) is 0 Å². The molecule has 2 N–H and O–H groups in total. The molecule has 3 heteroatoms. The minimum absolute atomic E-state index is 0.385. The highest BCUT2D eigenvalue weighted by molar-refractivity contribution is 5.82. The smallest absolute Gasteiger partial charge is 0.0726 e. The van der Waals surface area contributed by atoms with Gasteiger partial charge in [-0.25, -0.2) is 0 Å². The van der Waals surface area contributed by atoms with Crippen LogP contribution in [0.2, 0.25) is 0 Å². The summed E-state index contributed by atoms with van der Waals surface area (Å²) in [7, 11) is 0. The number of rotatable bonds is 4. The maximum Gasteiger partial charge on any atom is 0.0726 e. The van der Waals surface area contributed by atoms with E-state index in [9.17, 15) is 0 Å². The van der Waals surface area contributed by atoms with E-state index < -0.39 is 0 Å². The van der Waals surface area contributed by atoms with Crippen LogP contribution in [0.4, 0.5) is 0 Å². The predicted octanol–water partition coefficient (Wildman–Crippen LogP) is 2.83. The van der Waals surface area contributed by atoms with E-state index in [1.165, 1.54) is 29.3 Å². The van der Waals surface area contributed by atoms with Crippen LogP contribution in [-0.2, 0) is 11.3 Å². The highest BCUT2D eigenvalue weighted by Crippen LogP contribution is 2.19. The maximum atomic E-state index is 5.71. The Morgan fingerprint density at radius 1 is 1.44 bits per heavy atom. The molecule has 1 aromatic heterocycles. The summed E-state index contributed by atoms with van der Waals surface area (Å²) >= 11 is 0. The second kappa shape index (κ2) is 5.12. The van der Waals surface area contributed by atoms with Crippen molar-refractivity contribution in [2.75, 3.05) is 6.61 Å². The summed E-state index contributed by atoms with van der Waals surface area (Å²) in [5, 5.41) is 4.89. The lowest BCUT2D eigenvalue weighted by Gasteiger charge is -2.20. The fraction of sp³-hybridized carbons (Fsp3) is 0.467. The van der Waals surface area contributed by atoms with E-state index >= 15 is 0 Å². The number of benzene rings is 1. The van der Waals surface area contributed by atoms with Crippen LogP contribution < -0.4 is 5.32 Å². The number of fused-ring (bicyclic) bond motifs is 1. The van der Waals surface area contributed by atoms with Gasteiger partial charge < -0.3 is 15.0 Å². The Bertz CT molecular complexity index is 514. The van der Waals surface area contributed by atoms with Crippen LogP contribution in [0.15, 0.2) is 30.5 Å². The minimum atomic E-state index is 0.385. The van der Waals surface area contributed by atoms with Gasteiger partial charge in [0.1, 0.15) is 0 Å². The first-order chi connectivity index (χ1) is 8.84. The number of hydrogen-bond donors (Lipinski definition) is 2. The molecular weight excluding hydrogens is 224 g/mol. The fourth-order valence-electron chi connectivity index (χ4n) is 2.70. The van der Waals surface area contributed by atoms with Gasteiger partial charge in [0.05, 0.1) is 6.10 Å². The molecule has 1 aliphatic heterocycles. The van der Waals surface area contributed by atoms with Crippen LogP contribution in [-0.4, -0.2) is 23.7 Å². The van der Waals surface area contributed by atoms with Crippen LogP contribution in [0.5, 0.6) is 0 Å². The third-order valence-corrected chi connectivity index (χ3v) is 3.82. The number of aromatic amines is 1. The van der Waals surface area contributed by atoms with Crippen molar-refractivity contribution in [2.45, 2.75) is 38.5 Å².